The number of benzene rings is 1. The molecule has 0 radical (unpaired) electrons. The van der Waals surface area contributed by atoms with E-state index in [0.29, 0.717) is 5.89 Å². The molecule has 1 aromatic carbocycles. The Labute approximate surface area is 127 Å². The van der Waals surface area contributed by atoms with E-state index < -0.39 is 13.3 Å². The normalized spacial score (nSPS) is 12.0. The van der Waals surface area contributed by atoms with Gasteiger partial charge in [-0.05, 0) is 0 Å². The van der Waals surface area contributed by atoms with Gasteiger partial charge >= 0.3 is 127 Å². The fourth-order valence-corrected chi connectivity index (χ4v) is 6.33. The second kappa shape index (κ2) is 4.98. The van der Waals surface area contributed by atoms with Gasteiger partial charge in [0.1, 0.15) is 0 Å². The van der Waals surface area contributed by atoms with Crippen molar-refractivity contribution in [1.82, 2.24) is 9.97 Å². The number of para-hydroxylation sites is 1. The van der Waals surface area contributed by atoms with Crippen LogP contribution < -0.4 is 4.40 Å². The first-order valence-electron chi connectivity index (χ1n) is 7.20. The van der Waals surface area contributed by atoms with Crippen molar-refractivity contribution in [3.63, 3.8) is 0 Å². The number of oxazole rings is 1. The summed E-state index contributed by atoms with van der Waals surface area (Å²) in [6, 6.07) is 8.21. The van der Waals surface area contributed by atoms with Crippen molar-refractivity contribution >= 4 is 28.8 Å². The number of hydrogen-bond donors (Lipinski definition) is 0. The fraction of sp³-hybridized carbons (Fsp3) is 0.294. The maximum atomic E-state index is 5.75. The first-order chi connectivity index (χ1) is 9.86. The van der Waals surface area contributed by atoms with Crippen molar-refractivity contribution < 1.29 is 4.42 Å². The summed E-state index contributed by atoms with van der Waals surface area (Å²) in [7, 11) is 0. The fourth-order valence-electron chi connectivity index (χ4n) is 2.75. The van der Waals surface area contributed by atoms with E-state index in [9.17, 15) is 0 Å². The summed E-state index contributed by atoms with van der Waals surface area (Å²) >= 11 is -1.86. The minimum absolute atomic E-state index is 0.690. The molecule has 3 nitrogen and oxygen atoms in total. The molecule has 0 N–H and O–H groups in total. The SMILES string of the molecule is Cc1nc2cccc(-c3cc(C)[c]([Ge]([CH3])([CH3])[CH3])cn3)c2o1. The van der Waals surface area contributed by atoms with Crippen LogP contribution in [0.2, 0.25) is 17.3 Å². The Kier molecular flexibility index (Phi) is 3.40. The quantitative estimate of drug-likeness (QED) is 0.660. The molecule has 0 unspecified atom stereocenters. The van der Waals surface area contributed by atoms with Gasteiger partial charge in [0, 0.05) is 0 Å². The second-order valence-electron chi connectivity index (χ2n) is 6.52. The number of nitrogens with zero attached hydrogens (tertiary/aromatic N) is 2. The summed E-state index contributed by atoms with van der Waals surface area (Å²) in [5.41, 5.74) is 5.03. The van der Waals surface area contributed by atoms with Gasteiger partial charge < -0.3 is 0 Å². The van der Waals surface area contributed by atoms with Crippen LogP contribution in [-0.2, 0) is 0 Å². The predicted octanol–water partition coefficient (Wildman–Crippen LogP) is 4.05. The second-order valence-corrected chi connectivity index (χ2v) is 17.1. The zero-order valence-electron chi connectivity index (χ0n) is 13.2. The number of rotatable bonds is 2. The molecule has 0 saturated carbocycles. The first-order valence-corrected chi connectivity index (χ1v) is 14.5. The van der Waals surface area contributed by atoms with Gasteiger partial charge in [-0.2, -0.15) is 0 Å². The molecule has 0 aliphatic carbocycles. The van der Waals surface area contributed by atoms with Gasteiger partial charge in [-0.25, -0.2) is 0 Å². The van der Waals surface area contributed by atoms with Crippen LogP contribution in [0, 0.1) is 13.8 Å². The van der Waals surface area contributed by atoms with Crippen LogP contribution in [0.3, 0.4) is 0 Å². The minimum atomic E-state index is -1.86. The molecule has 0 atom stereocenters. The summed E-state index contributed by atoms with van der Waals surface area (Å²) in [6.45, 7) is 4.06. The Balaban J connectivity index is 2.18. The number of aromatic nitrogens is 2. The van der Waals surface area contributed by atoms with Crippen LogP contribution in [0.5, 0.6) is 0 Å². The van der Waals surface area contributed by atoms with Crippen molar-refractivity contribution in [2.45, 2.75) is 31.1 Å². The third-order valence-electron chi connectivity index (χ3n) is 3.72. The first kappa shape index (κ1) is 14.3. The predicted molar refractivity (Wildman–Crippen MR) is 89.7 cm³/mol. The Morgan fingerprint density at radius 3 is 2.52 bits per heavy atom. The molecule has 3 aromatic rings. The molecule has 2 heterocycles. The summed E-state index contributed by atoms with van der Waals surface area (Å²) in [4.78, 5) is 9.09. The molecule has 0 fully saturated rings. The molecule has 0 amide bonds. The summed E-state index contributed by atoms with van der Waals surface area (Å²) in [6.07, 6.45) is 2.06. The maximum absolute atomic E-state index is 5.75. The number of aryl methyl sites for hydroxylation is 2. The molecule has 0 bridgehead atoms. The van der Waals surface area contributed by atoms with E-state index in [1.165, 1.54) is 9.96 Å². The molecule has 0 aliphatic rings. The third-order valence-corrected chi connectivity index (χ3v) is 8.21. The van der Waals surface area contributed by atoms with Crippen molar-refractivity contribution in [2.75, 3.05) is 0 Å². The molecule has 2 aromatic heterocycles. The summed E-state index contributed by atoms with van der Waals surface area (Å²) in [5, 5.41) is 0. The number of hydrogen-bond acceptors (Lipinski definition) is 3. The van der Waals surface area contributed by atoms with Crippen molar-refractivity contribution in [2.24, 2.45) is 0 Å². The molecule has 0 saturated heterocycles. The Bertz CT molecular complexity index is 815. The topological polar surface area (TPSA) is 38.9 Å². The van der Waals surface area contributed by atoms with Crippen LogP contribution in [0.1, 0.15) is 11.5 Å². The average Bonchev–Trinajstić information content (AvgIpc) is 2.76. The van der Waals surface area contributed by atoms with Crippen LogP contribution in [0.25, 0.3) is 22.4 Å². The van der Waals surface area contributed by atoms with E-state index in [-0.39, 0.29) is 0 Å². The molecule has 4 heteroatoms. The Hall–Kier alpha value is -1.62. The van der Waals surface area contributed by atoms with Gasteiger partial charge in [-0.3, -0.25) is 0 Å². The third kappa shape index (κ3) is 2.62. The average molecular weight is 341 g/mol. The van der Waals surface area contributed by atoms with Crippen LogP contribution in [0.15, 0.2) is 34.9 Å². The van der Waals surface area contributed by atoms with Crippen molar-refractivity contribution in [3.8, 4) is 11.3 Å². The number of pyridine rings is 1. The van der Waals surface area contributed by atoms with E-state index in [0.717, 1.165) is 22.4 Å². The molecule has 0 spiro atoms. The van der Waals surface area contributed by atoms with Crippen molar-refractivity contribution in [1.29, 1.82) is 0 Å². The van der Waals surface area contributed by atoms with Gasteiger partial charge in [0.2, 0.25) is 0 Å². The van der Waals surface area contributed by atoms with Gasteiger partial charge in [-0.1, -0.05) is 0 Å². The molecule has 0 aliphatic heterocycles. The van der Waals surface area contributed by atoms with Gasteiger partial charge in [-0.15, -0.1) is 0 Å². The number of fused-ring (bicyclic) bond motifs is 1. The zero-order valence-corrected chi connectivity index (χ0v) is 15.3. The van der Waals surface area contributed by atoms with Crippen LogP contribution in [0.4, 0.5) is 0 Å². The van der Waals surface area contributed by atoms with E-state index in [1.54, 1.807) is 0 Å². The molecule has 3 rings (SSSR count). The van der Waals surface area contributed by atoms with E-state index >= 15 is 0 Å². The monoisotopic (exact) mass is 342 g/mol. The van der Waals surface area contributed by atoms with Gasteiger partial charge in [0.15, 0.2) is 0 Å². The molecule has 108 valence electrons. The van der Waals surface area contributed by atoms with E-state index in [2.05, 4.69) is 41.4 Å². The molecular formula is C17H20GeN2O. The summed E-state index contributed by atoms with van der Waals surface area (Å²) in [5.74, 6) is 7.87. The summed E-state index contributed by atoms with van der Waals surface area (Å²) < 4.78 is 7.21. The van der Waals surface area contributed by atoms with E-state index in [1.807, 2.05) is 25.1 Å². The Morgan fingerprint density at radius 2 is 1.86 bits per heavy atom. The Morgan fingerprint density at radius 1 is 1.10 bits per heavy atom. The zero-order chi connectivity index (χ0) is 15.2. The van der Waals surface area contributed by atoms with Crippen LogP contribution >= 0.6 is 0 Å². The van der Waals surface area contributed by atoms with Crippen molar-refractivity contribution in [3.05, 3.63) is 41.9 Å². The van der Waals surface area contributed by atoms with Crippen LogP contribution in [-0.4, -0.2) is 23.2 Å². The van der Waals surface area contributed by atoms with E-state index in [4.69, 9.17) is 9.40 Å². The van der Waals surface area contributed by atoms with Gasteiger partial charge in [0.05, 0.1) is 0 Å². The molecule has 21 heavy (non-hydrogen) atoms. The standard InChI is InChI=1S/C17H20GeN2O/c1-11-9-16(19-10-14(11)18(3,4)5)13-7-6-8-15-17(13)21-12(2)20-15/h6-10H,1-5H3. The molecular weight excluding hydrogens is 321 g/mol. The van der Waals surface area contributed by atoms with Gasteiger partial charge in [0.25, 0.3) is 0 Å².